The molecule has 1 aromatic carbocycles. The fraction of sp³-hybridized carbons (Fsp3) is 0.381. The van der Waals surface area contributed by atoms with Crippen LogP contribution in [0, 0.1) is 0 Å². The molecule has 1 aliphatic heterocycles. The van der Waals surface area contributed by atoms with Gasteiger partial charge in [-0.2, -0.15) is 0 Å². The molecule has 1 saturated heterocycles. The first-order valence-electron chi connectivity index (χ1n) is 9.34. The van der Waals surface area contributed by atoms with Gasteiger partial charge in [0.15, 0.2) is 5.52 Å². The van der Waals surface area contributed by atoms with Gasteiger partial charge >= 0.3 is 0 Å². The minimum absolute atomic E-state index is 0.121. The molecule has 0 saturated carbocycles. The van der Waals surface area contributed by atoms with Crippen LogP contribution in [0.3, 0.4) is 0 Å². The Hall–Kier alpha value is -2.73. The second-order valence-corrected chi connectivity index (χ2v) is 6.98. The number of pyridine rings is 1. The summed E-state index contributed by atoms with van der Waals surface area (Å²) >= 11 is 0. The number of anilines is 1. The van der Waals surface area contributed by atoms with Crippen LogP contribution < -0.4 is 9.64 Å². The molecule has 1 atom stereocenters. The van der Waals surface area contributed by atoms with Crippen LogP contribution in [-0.2, 0) is 4.74 Å². The average Bonchev–Trinajstić information content (AvgIpc) is 2.72. The Kier molecular flexibility index (Phi) is 5.16. The topological polar surface area (TPSA) is 60.4 Å². The first kappa shape index (κ1) is 17.7. The highest BCUT2D eigenvalue weighted by atomic mass is 16.5. The summed E-state index contributed by atoms with van der Waals surface area (Å²) in [7, 11) is 4.05. The summed E-state index contributed by atoms with van der Waals surface area (Å²) in [6.07, 6.45) is 6.81. The van der Waals surface area contributed by atoms with E-state index in [2.05, 4.69) is 39.1 Å². The fourth-order valence-corrected chi connectivity index (χ4v) is 3.23. The lowest BCUT2D eigenvalue weighted by atomic mass is 10.1. The number of aromatic nitrogens is 3. The number of benzene rings is 1. The van der Waals surface area contributed by atoms with E-state index in [4.69, 9.17) is 14.5 Å². The molecular weight excluding hydrogens is 340 g/mol. The van der Waals surface area contributed by atoms with Crippen LogP contribution in [-0.4, -0.2) is 48.4 Å². The molecule has 3 aromatic rings. The second-order valence-electron chi connectivity index (χ2n) is 6.98. The van der Waals surface area contributed by atoms with Gasteiger partial charge in [0.05, 0.1) is 17.3 Å². The molecule has 0 aliphatic carbocycles. The van der Waals surface area contributed by atoms with E-state index < -0.39 is 0 Å². The van der Waals surface area contributed by atoms with E-state index in [9.17, 15) is 0 Å². The minimum atomic E-state index is 0.121. The molecule has 0 spiro atoms. The van der Waals surface area contributed by atoms with Crippen LogP contribution in [0.25, 0.3) is 22.3 Å². The van der Waals surface area contributed by atoms with Gasteiger partial charge in [-0.15, -0.1) is 0 Å². The van der Waals surface area contributed by atoms with Crippen LogP contribution >= 0.6 is 0 Å². The maximum Gasteiger partial charge on any atom is 0.242 e. The largest absolute Gasteiger partial charge is 0.473 e. The highest BCUT2D eigenvalue weighted by Gasteiger charge is 2.17. The lowest BCUT2D eigenvalue weighted by Gasteiger charge is -2.22. The van der Waals surface area contributed by atoms with Crippen molar-refractivity contribution in [3.8, 4) is 17.1 Å². The molecule has 3 heterocycles. The Morgan fingerprint density at radius 3 is 2.67 bits per heavy atom. The van der Waals surface area contributed by atoms with E-state index in [1.165, 1.54) is 6.42 Å². The number of ether oxygens (including phenoxy) is 2. The van der Waals surface area contributed by atoms with Gasteiger partial charge in [-0.3, -0.25) is 4.98 Å². The third-order valence-corrected chi connectivity index (χ3v) is 4.78. The van der Waals surface area contributed by atoms with Crippen LogP contribution in [0.4, 0.5) is 5.69 Å². The summed E-state index contributed by atoms with van der Waals surface area (Å²) in [5.41, 5.74) is 4.45. The number of hydrogen-bond donors (Lipinski definition) is 0. The van der Waals surface area contributed by atoms with Gasteiger partial charge in [0.25, 0.3) is 0 Å². The lowest BCUT2D eigenvalue weighted by Crippen LogP contribution is -2.26. The predicted molar refractivity (Wildman–Crippen MR) is 106 cm³/mol. The third kappa shape index (κ3) is 4.01. The number of nitrogens with zero attached hydrogens (tertiary/aromatic N) is 4. The average molecular weight is 364 g/mol. The molecule has 1 fully saturated rings. The van der Waals surface area contributed by atoms with Crippen molar-refractivity contribution in [3.05, 3.63) is 42.7 Å². The highest BCUT2D eigenvalue weighted by Crippen LogP contribution is 2.28. The molecular formula is C21H24N4O2. The Morgan fingerprint density at radius 2 is 1.93 bits per heavy atom. The molecule has 27 heavy (non-hydrogen) atoms. The summed E-state index contributed by atoms with van der Waals surface area (Å²) in [5, 5.41) is 0. The molecule has 1 unspecified atom stereocenters. The van der Waals surface area contributed by atoms with Crippen molar-refractivity contribution in [1.82, 2.24) is 15.0 Å². The molecule has 4 rings (SSSR count). The zero-order chi connectivity index (χ0) is 18.6. The molecule has 0 N–H and O–H groups in total. The van der Waals surface area contributed by atoms with Crippen molar-refractivity contribution in [1.29, 1.82) is 0 Å². The van der Waals surface area contributed by atoms with Gasteiger partial charge < -0.3 is 14.4 Å². The maximum absolute atomic E-state index is 6.04. The number of fused-ring (bicyclic) bond motifs is 1. The van der Waals surface area contributed by atoms with Crippen LogP contribution in [0.2, 0.25) is 0 Å². The molecule has 0 radical (unpaired) electrons. The van der Waals surface area contributed by atoms with Gasteiger partial charge in [0.1, 0.15) is 6.61 Å². The molecule has 0 amide bonds. The van der Waals surface area contributed by atoms with Gasteiger partial charge in [-0.05, 0) is 37.5 Å². The quantitative estimate of drug-likeness (QED) is 0.688. The van der Waals surface area contributed by atoms with Crippen molar-refractivity contribution in [2.75, 3.05) is 32.2 Å². The molecule has 6 nitrogen and oxygen atoms in total. The van der Waals surface area contributed by atoms with E-state index in [0.29, 0.717) is 18.0 Å². The smallest absolute Gasteiger partial charge is 0.242 e. The SMILES string of the molecule is CN(C)c1ccc(-c2cc3nccnc3c(OCC3CCCCO3)n2)cc1. The monoisotopic (exact) mass is 364 g/mol. The van der Waals surface area contributed by atoms with Gasteiger partial charge in [0, 0.05) is 44.3 Å². The van der Waals surface area contributed by atoms with Crippen molar-refractivity contribution >= 4 is 16.7 Å². The van der Waals surface area contributed by atoms with E-state index >= 15 is 0 Å². The summed E-state index contributed by atoms with van der Waals surface area (Å²) in [4.78, 5) is 15.7. The zero-order valence-corrected chi connectivity index (χ0v) is 15.8. The molecule has 6 heteroatoms. The van der Waals surface area contributed by atoms with Crippen LogP contribution in [0.1, 0.15) is 19.3 Å². The second kappa shape index (κ2) is 7.88. The number of rotatable bonds is 5. The standard InChI is InChI=1S/C21H24N4O2/c1-25(2)16-8-6-15(7-9-16)18-13-19-20(23-11-10-22-19)21(24-18)27-14-17-5-3-4-12-26-17/h6-11,13,17H,3-5,12,14H2,1-2H3. The number of hydrogen-bond acceptors (Lipinski definition) is 6. The first-order chi connectivity index (χ1) is 13.2. The van der Waals surface area contributed by atoms with E-state index in [1.54, 1.807) is 12.4 Å². The lowest BCUT2D eigenvalue weighted by molar-refractivity contribution is -0.0116. The third-order valence-electron chi connectivity index (χ3n) is 4.78. The Morgan fingerprint density at radius 1 is 1.11 bits per heavy atom. The summed E-state index contributed by atoms with van der Waals surface area (Å²) < 4.78 is 11.8. The Balaban J connectivity index is 1.65. The fourth-order valence-electron chi connectivity index (χ4n) is 3.23. The molecule has 2 aromatic heterocycles. The first-order valence-corrected chi connectivity index (χ1v) is 9.34. The predicted octanol–water partition coefficient (Wildman–Crippen LogP) is 3.71. The molecule has 1 aliphatic rings. The van der Waals surface area contributed by atoms with Crippen molar-refractivity contribution in [2.24, 2.45) is 0 Å². The van der Waals surface area contributed by atoms with Crippen molar-refractivity contribution in [3.63, 3.8) is 0 Å². The van der Waals surface area contributed by atoms with Crippen LogP contribution in [0.15, 0.2) is 42.7 Å². The summed E-state index contributed by atoms with van der Waals surface area (Å²) in [5.74, 6) is 0.515. The molecule has 0 bridgehead atoms. The Bertz CT molecular complexity index is 906. The van der Waals surface area contributed by atoms with Gasteiger partial charge in [0.2, 0.25) is 5.88 Å². The highest BCUT2D eigenvalue weighted by molar-refractivity contribution is 5.83. The van der Waals surface area contributed by atoms with Crippen molar-refractivity contribution < 1.29 is 9.47 Å². The maximum atomic E-state index is 6.04. The summed E-state index contributed by atoms with van der Waals surface area (Å²) in [6.45, 7) is 1.29. The van der Waals surface area contributed by atoms with E-state index in [0.717, 1.165) is 41.9 Å². The van der Waals surface area contributed by atoms with E-state index in [-0.39, 0.29) is 6.10 Å². The van der Waals surface area contributed by atoms with E-state index in [1.807, 2.05) is 20.2 Å². The zero-order valence-electron chi connectivity index (χ0n) is 15.8. The van der Waals surface area contributed by atoms with Crippen LogP contribution in [0.5, 0.6) is 5.88 Å². The van der Waals surface area contributed by atoms with Gasteiger partial charge in [-0.25, -0.2) is 9.97 Å². The minimum Gasteiger partial charge on any atom is -0.473 e. The Labute approximate surface area is 159 Å². The molecule has 140 valence electrons. The summed E-state index contributed by atoms with van der Waals surface area (Å²) in [6, 6.07) is 10.2. The van der Waals surface area contributed by atoms with Crippen molar-refractivity contribution in [2.45, 2.75) is 25.4 Å². The van der Waals surface area contributed by atoms with Gasteiger partial charge in [-0.1, -0.05) is 12.1 Å². The normalized spacial score (nSPS) is 17.0.